The standard InChI is InChI=1S/C23H27ClN6O/c24-18-13-27-23(30-21(18)17-12-26-19-8-2-1-7-16(17)19)29-15-6-3-5-14(11-15)28-22(31)20-9-4-10-25-20/h1-2,7-8,12-15,20,25-26H,3-6,9-11H2,(H,28,31)(H,27,29,30)/t14-,15+,20-/m0/s1. The zero-order chi connectivity index (χ0) is 21.2. The van der Waals surface area contributed by atoms with Crippen molar-refractivity contribution in [3.63, 3.8) is 0 Å². The van der Waals surface area contributed by atoms with Gasteiger partial charge in [0.05, 0.1) is 23.0 Å². The van der Waals surface area contributed by atoms with E-state index < -0.39 is 0 Å². The molecule has 0 spiro atoms. The van der Waals surface area contributed by atoms with Crippen molar-refractivity contribution in [2.75, 3.05) is 11.9 Å². The van der Waals surface area contributed by atoms with Gasteiger partial charge >= 0.3 is 0 Å². The number of nitrogens with zero attached hydrogens (tertiary/aromatic N) is 2. The van der Waals surface area contributed by atoms with Crippen molar-refractivity contribution in [1.82, 2.24) is 25.6 Å². The summed E-state index contributed by atoms with van der Waals surface area (Å²) in [7, 11) is 0. The summed E-state index contributed by atoms with van der Waals surface area (Å²) in [6.45, 7) is 0.930. The lowest BCUT2D eigenvalue weighted by Crippen LogP contribution is -2.48. The van der Waals surface area contributed by atoms with Crippen molar-refractivity contribution in [2.24, 2.45) is 0 Å². The van der Waals surface area contributed by atoms with E-state index in [-0.39, 0.29) is 24.0 Å². The van der Waals surface area contributed by atoms with Crippen LogP contribution in [0.2, 0.25) is 5.02 Å². The zero-order valence-corrected chi connectivity index (χ0v) is 18.1. The second kappa shape index (κ2) is 8.85. The lowest BCUT2D eigenvalue weighted by atomic mass is 9.91. The summed E-state index contributed by atoms with van der Waals surface area (Å²) in [4.78, 5) is 24.9. The number of fused-ring (bicyclic) bond motifs is 1. The van der Waals surface area contributed by atoms with Gasteiger partial charge in [-0.25, -0.2) is 9.97 Å². The summed E-state index contributed by atoms with van der Waals surface area (Å²) in [5.74, 6) is 0.701. The van der Waals surface area contributed by atoms with Gasteiger partial charge in [-0.2, -0.15) is 0 Å². The topological polar surface area (TPSA) is 94.7 Å². The average Bonchev–Trinajstić information content (AvgIpc) is 3.46. The Morgan fingerprint density at radius 1 is 1.13 bits per heavy atom. The Kier molecular flexibility index (Phi) is 5.78. The Morgan fingerprint density at radius 2 is 2.00 bits per heavy atom. The highest BCUT2D eigenvalue weighted by molar-refractivity contribution is 6.33. The molecule has 7 nitrogen and oxygen atoms in total. The Balaban J connectivity index is 1.29. The first-order valence-corrected chi connectivity index (χ1v) is 11.4. The van der Waals surface area contributed by atoms with Crippen molar-refractivity contribution >= 4 is 34.4 Å². The molecule has 3 heterocycles. The number of hydrogen-bond acceptors (Lipinski definition) is 5. The molecular weight excluding hydrogens is 412 g/mol. The largest absolute Gasteiger partial charge is 0.360 e. The summed E-state index contributed by atoms with van der Waals surface area (Å²) in [5, 5.41) is 11.6. The highest BCUT2D eigenvalue weighted by atomic mass is 35.5. The van der Waals surface area contributed by atoms with Crippen molar-refractivity contribution < 1.29 is 4.79 Å². The number of halogens is 1. The molecule has 1 saturated heterocycles. The molecule has 0 unspecified atom stereocenters. The van der Waals surface area contributed by atoms with Gasteiger partial charge in [-0.3, -0.25) is 4.79 Å². The minimum Gasteiger partial charge on any atom is -0.360 e. The van der Waals surface area contributed by atoms with E-state index in [2.05, 4.69) is 32.0 Å². The number of nitrogens with one attached hydrogen (secondary N) is 4. The SMILES string of the molecule is O=C(N[C@H]1CCC[C@@H](Nc2ncc(Cl)c(-c3c[nH]c4ccccc34)n2)C1)[C@@H]1CCCN1. The number of carbonyl (C=O) groups excluding carboxylic acids is 1. The predicted octanol–water partition coefficient (Wildman–Crippen LogP) is 3.87. The van der Waals surface area contributed by atoms with Crippen LogP contribution in [0, 0.1) is 0 Å². The van der Waals surface area contributed by atoms with Crippen LogP contribution in [0.15, 0.2) is 36.7 Å². The third-order valence-electron chi connectivity index (χ3n) is 6.32. The van der Waals surface area contributed by atoms with E-state index in [0.717, 1.165) is 61.5 Å². The van der Waals surface area contributed by atoms with Crippen LogP contribution in [0.1, 0.15) is 38.5 Å². The lowest BCUT2D eigenvalue weighted by Gasteiger charge is -2.31. The summed E-state index contributed by atoms with van der Waals surface area (Å²) in [5.41, 5.74) is 2.72. The van der Waals surface area contributed by atoms with E-state index in [9.17, 15) is 4.79 Å². The molecule has 3 atom stereocenters. The molecular formula is C23H27ClN6O. The fraction of sp³-hybridized carbons (Fsp3) is 0.435. The molecule has 0 radical (unpaired) electrons. The number of amides is 1. The molecule has 162 valence electrons. The van der Waals surface area contributed by atoms with E-state index in [0.29, 0.717) is 16.7 Å². The number of H-pyrrole nitrogens is 1. The van der Waals surface area contributed by atoms with Crippen LogP contribution in [0.4, 0.5) is 5.95 Å². The molecule has 8 heteroatoms. The maximum absolute atomic E-state index is 12.5. The maximum atomic E-state index is 12.5. The lowest BCUT2D eigenvalue weighted by molar-refractivity contribution is -0.123. The molecule has 1 aromatic carbocycles. The molecule has 1 amide bonds. The second-order valence-electron chi connectivity index (χ2n) is 8.50. The molecule has 1 saturated carbocycles. The molecule has 0 bridgehead atoms. The Bertz CT molecular complexity index is 1080. The van der Waals surface area contributed by atoms with Crippen molar-refractivity contribution in [1.29, 1.82) is 0 Å². The second-order valence-corrected chi connectivity index (χ2v) is 8.91. The molecule has 4 N–H and O–H groups in total. The highest BCUT2D eigenvalue weighted by Gasteiger charge is 2.28. The van der Waals surface area contributed by atoms with Crippen molar-refractivity contribution in [2.45, 2.75) is 56.7 Å². The first-order chi connectivity index (χ1) is 15.2. The predicted molar refractivity (Wildman–Crippen MR) is 123 cm³/mol. The minimum absolute atomic E-state index is 0.0355. The number of benzene rings is 1. The third-order valence-corrected chi connectivity index (χ3v) is 6.60. The highest BCUT2D eigenvalue weighted by Crippen LogP contribution is 2.32. The van der Waals surface area contributed by atoms with Gasteiger partial charge in [-0.05, 0) is 51.1 Å². The van der Waals surface area contributed by atoms with Gasteiger partial charge in [0, 0.05) is 34.7 Å². The van der Waals surface area contributed by atoms with Crippen molar-refractivity contribution in [3.8, 4) is 11.3 Å². The number of aromatic amines is 1. The first-order valence-electron chi connectivity index (χ1n) is 11.1. The first kappa shape index (κ1) is 20.3. The smallest absolute Gasteiger partial charge is 0.237 e. The molecule has 2 aliphatic rings. The Morgan fingerprint density at radius 3 is 2.87 bits per heavy atom. The van der Waals surface area contributed by atoms with Gasteiger partial charge in [0.15, 0.2) is 0 Å². The summed E-state index contributed by atoms with van der Waals surface area (Å²) >= 11 is 6.45. The fourth-order valence-electron chi connectivity index (χ4n) is 4.74. The zero-order valence-electron chi connectivity index (χ0n) is 17.3. The van der Waals surface area contributed by atoms with Crippen LogP contribution in [-0.2, 0) is 4.79 Å². The molecule has 5 rings (SSSR count). The number of rotatable bonds is 5. The van der Waals surface area contributed by atoms with E-state index in [4.69, 9.17) is 16.6 Å². The molecule has 1 aliphatic carbocycles. The van der Waals surface area contributed by atoms with Crippen LogP contribution in [0.3, 0.4) is 0 Å². The minimum atomic E-state index is -0.0355. The van der Waals surface area contributed by atoms with E-state index in [1.165, 1.54) is 0 Å². The quantitative estimate of drug-likeness (QED) is 0.485. The summed E-state index contributed by atoms with van der Waals surface area (Å²) < 4.78 is 0. The van der Waals surface area contributed by atoms with E-state index in [1.807, 2.05) is 24.4 Å². The van der Waals surface area contributed by atoms with Crippen LogP contribution >= 0.6 is 11.6 Å². The van der Waals surface area contributed by atoms with Gasteiger partial charge in [-0.15, -0.1) is 0 Å². The summed E-state index contributed by atoms with van der Waals surface area (Å²) in [6, 6.07) is 8.45. The van der Waals surface area contributed by atoms with Crippen LogP contribution in [0.25, 0.3) is 22.2 Å². The van der Waals surface area contributed by atoms with Crippen LogP contribution in [-0.4, -0.2) is 45.5 Å². The monoisotopic (exact) mass is 438 g/mol. The summed E-state index contributed by atoms with van der Waals surface area (Å²) in [6.07, 6.45) is 9.56. The van der Waals surface area contributed by atoms with E-state index >= 15 is 0 Å². The van der Waals surface area contributed by atoms with Gasteiger partial charge in [0.25, 0.3) is 0 Å². The van der Waals surface area contributed by atoms with Crippen LogP contribution < -0.4 is 16.0 Å². The number of anilines is 1. The van der Waals surface area contributed by atoms with Gasteiger partial charge in [0.1, 0.15) is 0 Å². The Hall–Kier alpha value is -2.64. The number of carbonyl (C=O) groups is 1. The Labute approximate surface area is 186 Å². The number of para-hydroxylation sites is 1. The number of hydrogen-bond donors (Lipinski definition) is 4. The molecule has 31 heavy (non-hydrogen) atoms. The number of aromatic nitrogens is 3. The van der Waals surface area contributed by atoms with Crippen LogP contribution in [0.5, 0.6) is 0 Å². The molecule has 2 aromatic heterocycles. The molecule has 1 aliphatic heterocycles. The maximum Gasteiger partial charge on any atom is 0.237 e. The molecule has 3 aromatic rings. The van der Waals surface area contributed by atoms with Gasteiger partial charge in [0.2, 0.25) is 11.9 Å². The van der Waals surface area contributed by atoms with E-state index in [1.54, 1.807) is 6.20 Å². The average molecular weight is 439 g/mol. The van der Waals surface area contributed by atoms with Gasteiger partial charge < -0.3 is 20.9 Å². The van der Waals surface area contributed by atoms with Gasteiger partial charge in [-0.1, -0.05) is 29.8 Å². The van der Waals surface area contributed by atoms with Crippen molar-refractivity contribution in [3.05, 3.63) is 41.7 Å². The molecule has 2 fully saturated rings. The third kappa shape index (κ3) is 4.38. The fourth-order valence-corrected chi connectivity index (χ4v) is 4.93. The normalized spacial score (nSPS) is 23.7.